The van der Waals surface area contributed by atoms with E-state index in [1.807, 2.05) is 54.9 Å². The van der Waals surface area contributed by atoms with Gasteiger partial charge < -0.3 is 13.9 Å². The first-order chi connectivity index (χ1) is 14.4. The molecule has 1 aliphatic rings. The zero-order chi connectivity index (χ0) is 21.3. The molecule has 2 aromatic heterocycles. The van der Waals surface area contributed by atoms with Crippen molar-refractivity contribution in [2.75, 3.05) is 22.2 Å². The van der Waals surface area contributed by atoms with Crippen LogP contribution in [-0.2, 0) is 21.7 Å². The van der Waals surface area contributed by atoms with E-state index in [0.29, 0.717) is 23.1 Å². The number of sulfone groups is 1. The summed E-state index contributed by atoms with van der Waals surface area (Å²) in [6, 6.07) is 10.7. The van der Waals surface area contributed by atoms with Crippen LogP contribution in [0.2, 0.25) is 0 Å². The molecule has 1 fully saturated rings. The molecule has 1 unspecified atom stereocenters. The van der Waals surface area contributed by atoms with Crippen LogP contribution in [0.5, 0.6) is 0 Å². The van der Waals surface area contributed by atoms with Gasteiger partial charge in [-0.1, -0.05) is 30.0 Å². The number of amides is 1. The molecule has 0 N–H and O–H groups in total. The molecule has 158 valence electrons. The minimum Gasteiger partial charge on any atom is -0.469 e. The molecule has 0 saturated carbocycles. The average Bonchev–Trinajstić information content (AvgIpc) is 3.40. The summed E-state index contributed by atoms with van der Waals surface area (Å²) in [7, 11) is -1.28. The number of carbonyl (C=O) groups is 1. The van der Waals surface area contributed by atoms with Crippen LogP contribution >= 0.6 is 11.8 Å². The zero-order valence-corrected chi connectivity index (χ0v) is 18.3. The van der Waals surface area contributed by atoms with Crippen molar-refractivity contribution < 1.29 is 17.6 Å². The highest BCUT2D eigenvalue weighted by Crippen LogP contribution is 2.28. The van der Waals surface area contributed by atoms with Crippen molar-refractivity contribution in [3.63, 3.8) is 0 Å². The highest BCUT2D eigenvalue weighted by molar-refractivity contribution is 7.99. The van der Waals surface area contributed by atoms with Crippen LogP contribution in [0.1, 0.15) is 12.2 Å². The number of para-hydroxylation sites is 1. The summed E-state index contributed by atoms with van der Waals surface area (Å²) >= 11 is 1.28. The Kier molecular flexibility index (Phi) is 5.70. The lowest BCUT2D eigenvalue weighted by atomic mass is 10.2. The number of thioether (sulfide) groups is 1. The molecule has 0 spiro atoms. The fourth-order valence-electron chi connectivity index (χ4n) is 3.61. The fraction of sp³-hybridized carbons (Fsp3) is 0.350. The van der Waals surface area contributed by atoms with Crippen molar-refractivity contribution in [1.29, 1.82) is 0 Å². The Morgan fingerprint density at radius 1 is 1.27 bits per heavy atom. The summed E-state index contributed by atoms with van der Waals surface area (Å²) in [5.41, 5.74) is 1.56. The second-order valence-electron chi connectivity index (χ2n) is 7.20. The second-order valence-corrected chi connectivity index (χ2v) is 10.4. The van der Waals surface area contributed by atoms with Crippen molar-refractivity contribution in [2.24, 2.45) is 7.05 Å². The summed E-state index contributed by atoms with van der Waals surface area (Å²) < 4.78 is 31.1. The first-order valence-electron chi connectivity index (χ1n) is 9.50. The van der Waals surface area contributed by atoms with Gasteiger partial charge in [0, 0.05) is 12.7 Å². The van der Waals surface area contributed by atoms with Crippen LogP contribution in [0, 0.1) is 6.92 Å². The molecule has 4 rings (SSSR count). The van der Waals surface area contributed by atoms with Gasteiger partial charge >= 0.3 is 0 Å². The largest absolute Gasteiger partial charge is 0.469 e. The van der Waals surface area contributed by atoms with E-state index in [1.54, 1.807) is 11.2 Å². The third-order valence-electron chi connectivity index (χ3n) is 5.14. The van der Waals surface area contributed by atoms with Crippen molar-refractivity contribution in [3.8, 4) is 11.4 Å². The molecule has 10 heteroatoms. The van der Waals surface area contributed by atoms with Gasteiger partial charge in [0.05, 0.1) is 35.1 Å². The van der Waals surface area contributed by atoms with E-state index in [9.17, 15) is 13.2 Å². The van der Waals surface area contributed by atoms with Gasteiger partial charge in [-0.3, -0.25) is 4.79 Å². The Morgan fingerprint density at radius 2 is 2.03 bits per heavy atom. The summed E-state index contributed by atoms with van der Waals surface area (Å²) in [5.74, 6) is 1.48. The Labute approximate surface area is 179 Å². The lowest BCUT2D eigenvalue weighted by Gasteiger charge is -2.28. The van der Waals surface area contributed by atoms with E-state index in [2.05, 4.69) is 10.2 Å². The first-order valence-corrected chi connectivity index (χ1v) is 12.3. The van der Waals surface area contributed by atoms with E-state index in [4.69, 9.17) is 4.42 Å². The maximum atomic E-state index is 13.2. The number of anilines is 1. The quantitative estimate of drug-likeness (QED) is 0.537. The van der Waals surface area contributed by atoms with Gasteiger partial charge in [0.2, 0.25) is 5.91 Å². The van der Waals surface area contributed by atoms with Crippen molar-refractivity contribution in [3.05, 3.63) is 48.4 Å². The topological polar surface area (TPSA) is 98.3 Å². The lowest BCUT2D eigenvalue weighted by molar-refractivity contribution is -0.116. The number of hydrogen-bond donors (Lipinski definition) is 0. The molecule has 3 heterocycles. The molecule has 1 amide bonds. The number of aromatic nitrogens is 3. The van der Waals surface area contributed by atoms with Crippen molar-refractivity contribution in [1.82, 2.24) is 14.8 Å². The smallest absolute Gasteiger partial charge is 0.237 e. The molecule has 1 aliphatic heterocycles. The molecule has 0 bridgehead atoms. The van der Waals surface area contributed by atoms with E-state index >= 15 is 0 Å². The molecular weight excluding hydrogens is 424 g/mol. The molecular formula is C20H22N4O4S2. The van der Waals surface area contributed by atoms with Gasteiger partial charge in [-0.25, -0.2) is 8.42 Å². The standard InChI is InChI=1S/C20H22N4O4S2/c1-14-17(8-10-28-14)19-21-22-20(23(19)2)29-12-18(25)24(15-6-4-3-5-7-15)16-9-11-30(26,27)13-16/h3-8,10,16H,9,11-13H2,1-2H3. The van der Waals surface area contributed by atoms with Gasteiger partial charge in [-0.15, -0.1) is 10.2 Å². The minimum absolute atomic E-state index is 0.00776. The molecule has 1 aromatic carbocycles. The number of hydrogen-bond acceptors (Lipinski definition) is 7. The fourth-order valence-corrected chi connectivity index (χ4v) is 6.08. The van der Waals surface area contributed by atoms with Gasteiger partial charge in [0.15, 0.2) is 20.8 Å². The number of rotatable bonds is 6. The third-order valence-corrected chi connectivity index (χ3v) is 7.89. The number of aryl methyl sites for hydroxylation is 1. The van der Waals surface area contributed by atoms with Gasteiger partial charge in [-0.2, -0.15) is 0 Å². The average molecular weight is 447 g/mol. The zero-order valence-electron chi connectivity index (χ0n) is 16.7. The van der Waals surface area contributed by atoms with Crippen LogP contribution in [-0.4, -0.2) is 52.4 Å². The third kappa shape index (κ3) is 4.15. The highest BCUT2D eigenvalue weighted by Gasteiger charge is 2.35. The molecule has 8 nitrogen and oxygen atoms in total. The van der Waals surface area contributed by atoms with Crippen molar-refractivity contribution in [2.45, 2.75) is 24.5 Å². The Balaban J connectivity index is 1.53. The van der Waals surface area contributed by atoms with E-state index in [-0.39, 0.29) is 29.2 Å². The molecule has 0 radical (unpaired) electrons. The first kappa shape index (κ1) is 20.7. The summed E-state index contributed by atoms with van der Waals surface area (Å²) in [4.78, 5) is 14.8. The van der Waals surface area contributed by atoms with Crippen LogP contribution in [0.4, 0.5) is 5.69 Å². The van der Waals surface area contributed by atoms with Gasteiger partial charge in [0.25, 0.3) is 0 Å². The Morgan fingerprint density at radius 3 is 2.67 bits per heavy atom. The van der Waals surface area contributed by atoms with Crippen LogP contribution in [0.15, 0.2) is 52.2 Å². The molecule has 1 atom stereocenters. The van der Waals surface area contributed by atoms with Crippen LogP contribution < -0.4 is 4.90 Å². The minimum atomic E-state index is -3.12. The number of furan rings is 1. The van der Waals surface area contributed by atoms with E-state index < -0.39 is 9.84 Å². The van der Waals surface area contributed by atoms with Gasteiger partial charge in [0.1, 0.15) is 5.76 Å². The monoisotopic (exact) mass is 446 g/mol. The Bertz CT molecular complexity index is 1150. The SMILES string of the molecule is Cc1occc1-c1nnc(SCC(=O)N(c2ccccc2)C2CCS(=O)(=O)C2)n1C. The number of carbonyl (C=O) groups excluding carboxylic acids is 1. The van der Waals surface area contributed by atoms with Crippen LogP contribution in [0.25, 0.3) is 11.4 Å². The Hall–Kier alpha value is -2.59. The summed E-state index contributed by atoms with van der Waals surface area (Å²) in [6.07, 6.45) is 2.05. The molecule has 0 aliphatic carbocycles. The van der Waals surface area contributed by atoms with Crippen LogP contribution in [0.3, 0.4) is 0 Å². The second kappa shape index (κ2) is 8.27. The lowest BCUT2D eigenvalue weighted by Crippen LogP contribution is -2.42. The van der Waals surface area contributed by atoms with E-state index in [0.717, 1.165) is 11.3 Å². The van der Waals surface area contributed by atoms with Gasteiger partial charge in [-0.05, 0) is 31.5 Å². The maximum Gasteiger partial charge on any atom is 0.237 e. The summed E-state index contributed by atoms with van der Waals surface area (Å²) in [5, 5.41) is 9.03. The predicted molar refractivity (Wildman–Crippen MR) is 115 cm³/mol. The maximum absolute atomic E-state index is 13.2. The predicted octanol–water partition coefficient (Wildman–Crippen LogP) is 2.70. The van der Waals surface area contributed by atoms with Crippen molar-refractivity contribution >= 4 is 33.2 Å². The normalized spacial score (nSPS) is 17.9. The number of nitrogens with zero attached hydrogens (tertiary/aromatic N) is 4. The molecule has 3 aromatic rings. The highest BCUT2D eigenvalue weighted by atomic mass is 32.2. The van der Waals surface area contributed by atoms with E-state index in [1.165, 1.54) is 11.8 Å². The molecule has 30 heavy (non-hydrogen) atoms. The molecule has 1 saturated heterocycles. The number of benzene rings is 1. The summed E-state index contributed by atoms with van der Waals surface area (Å²) in [6.45, 7) is 1.85.